The SMILES string of the molecule is COc1cc([C@H]2CC(COC=O)[C@@H](OC(=O)N/N=C/c3cccc(OCCCN(C)CCC(O)(P([O-])O)P(=O)([O-])O)c3)c3cc4c(cc32)OCO4)cc(OC)c1OC.[Na+].[Na+]. The van der Waals surface area contributed by atoms with E-state index in [4.69, 9.17) is 37.9 Å². The predicted molar refractivity (Wildman–Crippen MR) is 203 cm³/mol. The second kappa shape index (κ2) is 23.7. The van der Waals surface area contributed by atoms with E-state index in [0.29, 0.717) is 71.5 Å². The van der Waals surface area contributed by atoms with E-state index in [1.54, 1.807) is 42.3 Å². The van der Waals surface area contributed by atoms with Crippen molar-refractivity contribution in [3.05, 3.63) is 70.8 Å². The molecular formula is C37H45N3Na2O16P2. The van der Waals surface area contributed by atoms with Crippen LogP contribution in [0.2, 0.25) is 0 Å². The molecule has 3 aromatic carbocycles. The molecule has 19 nitrogen and oxygen atoms in total. The van der Waals surface area contributed by atoms with Gasteiger partial charge in [0.2, 0.25) is 12.5 Å². The number of nitrogens with one attached hydrogen (secondary N) is 1. The topological polar surface area (TPSA) is 259 Å². The number of carbonyl (C=O) groups is 2. The minimum Gasteiger partial charge on any atom is -0.806 e. The van der Waals surface area contributed by atoms with E-state index < -0.39 is 45.6 Å². The molecule has 3 aromatic rings. The van der Waals surface area contributed by atoms with Crippen LogP contribution in [0, 0.1) is 5.92 Å². The first-order valence-electron chi connectivity index (χ1n) is 17.8. The van der Waals surface area contributed by atoms with Crippen molar-refractivity contribution in [2.75, 3.05) is 61.5 Å². The maximum Gasteiger partial charge on any atom is 1.00 e. The number of hydrogen-bond acceptors (Lipinski definition) is 17. The van der Waals surface area contributed by atoms with Gasteiger partial charge in [-0.25, -0.2) is 10.2 Å². The largest absolute Gasteiger partial charge is 1.00 e. The summed E-state index contributed by atoms with van der Waals surface area (Å²) in [5.41, 5.74) is 5.19. The number of hydrazone groups is 1. The Hall–Kier alpha value is -2.71. The Morgan fingerprint density at radius 3 is 2.33 bits per heavy atom. The zero-order valence-electron chi connectivity index (χ0n) is 34.1. The Balaban J connectivity index is 0.00000480. The Morgan fingerprint density at radius 2 is 1.73 bits per heavy atom. The van der Waals surface area contributed by atoms with Crippen LogP contribution >= 0.6 is 16.0 Å². The number of carbonyl (C=O) groups excluding carboxylic acids is 2. The predicted octanol–water partition coefficient (Wildman–Crippen LogP) is -3.48. The summed E-state index contributed by atoms with van der Waals surface area (Å²) in [4.78, 5) is 67.5. The van der Waals surface area contributed by atoms with Gasteiger partial charge in [-0.2, -0.15) is 5.10 Å². The van der Waals surface area contributed by atoms with Crippen LogP contribution in [0.4, 0.5) is 4.79 Å². The van der Waals surface area contributed by atoms with E-state index in [9.17, 15) is 38.8 Å². The third-order valence-electron chi connectivity index (χ3n) is 9.70. The molecule has 4 N–H and O–H groups in total. The molecule has 6 atom stereocenters. The van der Waals surface area contributed by atoms with Gasteiger partial charge in [0.15, 0.2) is 35.7 Å². The molecule has 0 aromatic heterocycles. The summed E-state index contributed by atoms with van der Waals surface area (Å²) in [5, 5.41) is 10.9. The smallest absolute Gasteiger partial charge is 0.806 e. The van der Waals surface area contributed by atoms with Gasteiger partial charge in [0, 0.05) is 36.9 Å². The fraction of sp³-hybridized carbons (Fsp3) is 0.432. The van der Waals surface area contributed by atoms with E-state index in [2.05, 4.69) is 10.5 Å². The Labute approximate surface area is 392 Å². The van der Waals surface area contributed by atoms with Gasteiger partial charge in [0.05, 0.1) is 40.8 Å². The number of rotatable bonds is 20. The van der Waals surface area contributed by atoms with Crippen LogP contribution in [0.25, 0.3) is 0 Å². The normalized spacial score (nSPS) is 19.0. The zero-order valence-corrected chi connectivity index (χ0v) is 39.9. The molecule has 1 aliphatic heterocycles. The van der Waals surface area contributed by atoms with Crippen LogP contribution in [-0.2, 0) is 18.8 Å². The Morgan fingerprint density at radius 1 is 1.07 bits per heavy atom. The number of aliphatic hydroxyl groups is 1. The fourth-order valence-corrected chi connectivity index (χ4v) is 8.27. The Bertz CT molecular complexity index is 1970. The number of methoxy groups -OCH3 is 3. The molecule has 5 rings (SSSR count). The first-order valence-corrected chi connectivity index (χ1v) is 20.6. The molecule has 0 saturated heterocycles. The summed E-state index contributed by atoms with van der Waals surface area (Å²) in [6.07, 6.45) is -0.178. The van der Waals surface area contributed by atoms with Crippen LogP contribution in [0.5, 0.6) is 34.5 Å². The molecule has 0 saturated carbocycles. The molecule has 2 aliphatic rings. The van der Waals surface area contributed by atoms with Gasteiger partial charge in [-0.05, 0) is 81.4 Å². The molecule has 0 spiro atoms. The minimum atomic E-state index is -5.49. The summed E-state index contributed by atoms with van der Waals surface area (Å²) >= 11 is 0. The van der Waals surface area contributed by atoms with Crippen LogP contribution in [0.3, 0.4) is 0 Å². The number of fused-ring (bicyclic) bond motifs is 2. The molecule has 4 unspecified atom stereocenters. The van der Waals surface area contributed by atoms with Crippen molar-refractivity contribution < 1.29 is 136 Å². The number of amides is 1. The van der Waals surface area contributed by atoms with Gasteiger partial charge in [0.25, 0.3) is 6.47 Å². The molecule has 0 fully saturated rings. The maximum atomic E-state index is 13.3. The van der Waals surface area contributed by atoms with Crippen molar-refractivity contribution in [2.45, 2.75) is 36.4 Å². The second-order valence-corrected chi connectivity index (χ2v) is 16.8. The molecule has 23 heteroatoms. The summed E-state index contributed by atoms with van der Waals surface area (Å²) in [7, 11) is -2.92. The van der Waals surface area contributed by atoms with Crippen molar-refractivity contribution in [1.82, 2.24) is 10.3 Å². The number of ether oxygens (including phenoxy) is 8. The van der Waals surface area contributed by atoms with Crippen molar-refractivity contribution in [3.8, 4) is 34.5 Å². The molecule has 1 heterocycles. The van der Waals surface area contributed by atoms with Crippen LogP contribution in [0.15, 0.2) is 53.6 Å². The molecule has 60 heavy (non-hydrogen) atoms. The average Bonchev–Trinajstić information content (AvgIpc) is 3.67. The molecule has 0 bridgehead atoms. The quantitative estimate of drug-likeness (QED) is 0.0215. The fourth-order valence-electron chi connectivity index (χ4n) is 6.73. The molecule has 1 amide bonds. The van der Waals surface area contributed by atoms with E-state index in [-0.39, 0.29) is 91.6 Å². The summed E-state index contributed by atoms with van der Waals surface area (Å²) < 4.78 is 56.5. The van der Waals surface area contributed by atoms with Crippen molar-refractivity contribution in [2.24, 2.45) is 11.0 Å². The molecule has 0 radical (unpaired) electrons. The Kier molecular flexibility index (Phi) is 20.4. The third-order valence-corrected chi connectivity index (χ3v) is 12.9. The summed E-state index contributed by atoms with van der Waals surface area (Å²) in [6.45, 7) is 0.819. The van der Waals surface area contributed by atoms with Crippen molar-refractivity contribution in [1.29, 1.82) is 0 Å². The van der Waals surface area contributed by atoms with Crippen LogP contribution < -0.4 is 103 Å². The summed E-state index contributed by atoms with van der Waals surface area (Å²) in [5.74, 6) is 1.99. The van der Waals surface area contributed by atoms with Gasteiger partial charge < -0.3 is 72.0 Å². The monoisotopic (exact) mass is 895 g/mol. The summed E-state index contributed by atoms with van der Waals surface area (Å²) in [6, 6.07) is 14.1. The minimum absolute atomic E-state index is 0. The second-order valence-electron chi connectivity index (χ2n) is 13.4. The van der Waals surface area contributed by atoms with E-state index in [1.165, 1.54) is 27.5 Å². The van der Waals surface area contributed by atoms with E-state index in [1.807, 2.05) is 18.2 Å². The van der Waals surface area contributed by atoms with Crippen molar-refractivity contribution in [3.63, 3.8) is 0 Å². The average molecular weight is 896 g/mol. The number of nitrogens with zero attached hydrogens (tertiary/aromatic N) is 2. The van der Waals surface area contributed by atoms with Gasteiger partial charge in [-0.1, -0.05) is 12.1 Å². The third kappa shape index (κ3) is 12.7. The van der Waals surface area contributed by atoms with Gasteiger partial charge in [-0.15, -0.1) is 0 Å². The van der Waals surface area contributed by atoms with Gasteiger partial charge in [-0.3, -0.25) is 4.79 Å². The molecular weight excluding hydrogens is 850 g/mol. The molecule has 316 valence electrons. The zero-order chi connectivity index (χ0) is 42.0. The maximum absolute atomic E-state index is 13.3. The van der Waals surface area contributed by atoms with Crippen LogP contribution in [-0.4, -0.2) is 105 Å². The first-order chi connectivity index (χ1) is 27.7. The van der Waals surface area contributed by atoms with Crippen LogP contribution in [0.1, 0.15) is 53.5 Å². The van der Waals surface area contributed by atoms with E-state index in [0.717, 1.165) is 11.1 Å². The van der Waals surface area contributed by atoms with Crippen molar-refractivity contribution >= 4 is 34.8 Å². The van der Waals surface area contributed by atoms with E-state index >= 15 is 0 Å². The first kappa shape index (κ1) is 51.6. The van der Waals surface area contributed by atoms with Gasteiger partial charge >= 0.3 is 65.2 Å². The number of benzene rings is 3. The molecule has 1 aliphatic carbocycles. The number of hydrogen-bond donors (Lipinski definition) is 4. The van der Waals surface area contributed by atoms with Gasteiger partial charge in [0.1, 0.15) is 11.9 Å². The standard InChI is InChI=1S/C37H46N3O16P2.2Na/c1-40(11-9-37(43,57(44)45)58(46,47)48)10-6-12-53-26-8-5-7-23(13-26)19-38-39-36(42)56-34-25(20-52-21-41)14-27(28-17-30-31(18-29(28)34)55-22-54-30)24-15-32(49-2)35(51-4)33(16-24)50-3;;/h5,7-8,13,15-19,21,25,27,34,43-44H,6,9-12,14,20,22H2,1-4H3,(H,39,42)(H2,46,47,48);;/q-1;2*+1/p-1/b38-19+;;/t25?,27-,34-,37?;;/m1../s1.